The maximum Gasteiger partial charge on any atom is 0.276 e. The summed E-state index contributed by atoms with van der Waals surface area (Å²) in [6, 6.07) is 7.40. The van der Waals surface area contributed by atoms with E-state index in [-0.39, 0.29) is 11.9 Å². The summed E-state index contributed by atoms with van der Waals surface area (Å²) in [5.74, 6) is 0.123. The van der Waals surface area contributed by atoms with E-state index in [1.807, 2.05) is 32.3 Å². The average Bonchev–Trinajstić information content (AvgIpc) is 2.92. The minimum Gasteiger partial charge on any atom is -0.493 e. The molecule has 2 aromatic rings. The van der Waals surface area contributed by atoms with Gasteiger partial charge in [-0.25, -0.2) is 0 Å². The average molecular weight is 317 g/mol. The molecule has 1 amide bonds. The van der Waals surface area contributed by atoms with Gasteiger partial charge < -0.3 is 20.4 Å². The third-order valence-corrected chi connectivity index (χ3v) is 3.51. The molecule has 0 aliphatic rings. The van der Waals surface area contributed by atoms with Crippen molar-refractivity contribution in [3.05, 3.63) is 30.0 Å². The SMILES string of the molecule is CN(C)CCCOc1ccc2cc(C(=O)N(C)C(=N)N)[nH]c2c1. The van der Waals surface area contributed by atoms with Gasteiger partial charge in [0.05, 0.1) is 6.61 Å². The Kier molecular flexibility index (Phi) is 5.23. The predicted molar refractivity (Wildman–Crippen MR) is 91.0 cm³/mol. The molecule has 0 aliphatic carbocycles. The Labute approximate surface area is 135 Å². The number of benzene rings is 1. The normalized spacial score (nSPS) is 11.0. The molecule has 1 aromatic heterocycles. The van der Waals surface area contributed by atoms with Crippen LogP contribution in [0.4, 0.5) is 0 Å². The fraction of sp³-hybridized carbons (Fsp3) is 0.375. The lowest BCUT2D eigenvalue weighted by atomic mass is 10.2. The number of nitrogens with one attached hydrogen (secondary N) is 2. The summed E-state index contributed by atoms with van der Waals surface area (Å²) in [6.07, 6.45) is 0.947. The topological polar surface area (TPSA) is 98.4 Å². The summed E-state index contributed by atoms with van der Waals surface area (Å²) in [7, 11) is 5.53. The lowest BCUT2D eigenvalue weighted by Gasteiger charge is -2.12. The van der Waals surface area contributed by atoms with Crippen molar-refractivity contribution in [1.29, 1.82) is 5.41 Å². The zero-order valence-electron chi connectivity index (χ0n) is 13.7. The Morgan fingerprint density at radius 3 is 2.70 bits per heavy atom. The van der Waals surface area contributed by atoms with Crippen molar-refractivity contribution < 1.29 is 9.53 Å². The first-order valence-corrected chi connectivity index (χ1v) is 7.41. The number of hydrogen-bond acceptors (Lipinski definition) is 4. The van der Waals surface area contributed by atoms with Crippen LogP contribution in [-0.2, 0) is 0 Å². The maximum absolute atomic E-state index is 12.2. The number of ether oxygens (including phenoxy) is 1. The van der Waals surface area contributed by atoms with Gasteiger partial charge in [-0.05, 0) is 38.7 Å². The van der Waals surface area contributed by atoms with Crippen LogP contribution in [0, 0.1) is 5.41 Å². The molecule has 23 heavy (non-hydrogen) atoms. The van der Waals surface area contributed by atoms with Crippen LogP contribution >= 0.6 is 0 Å². The van der Waals surface area contributed by atoms with Gasteiger partial charge in [0.1, 0.15) is 11.4 Å². The molecule has 2 rings (SSSR count). The molecule has 0 atom stereocenters. The summed E-state index contributed by atoms with van der Waals surface area (Å²) in [6.45, 7) is 1.62. The van der Waals surface area contributed by atoms with Crippen LogP contribution in [0.5, 0.6) is 5.75 Å². The van der Waals surface area contributed by atoms with Crippen molar-refractivity contribution in [2.45, 2.75) is 6.42 Å². The molecular weight excluding hydrogens is 294 g/mol. The standard InChI is InChI=1S/C16H23N5O2/c1-20(2)7-4-8-23-12-6-5-11-9-14(19-13(11)10-12)15(22)21(3)16(17)18/h5-6,9-10,19H,4,7-8H2,1-3H3,(H3,17,18). The highest BCUT2D eigenvalue weighted by atomic mass is 16.5. The Bertz CT molecular complexity index is 708. The molecule has 1 heterocycles. The van der Waals surface area contributed by atoms with Gasteiger partial charge in [-0.1, -0.05) is 0 Å². The summed E-state index contributed by atoms with van der Waals surface area (Å²) < 4.78 is 5.72. The molecule has 0 radical (unpaired) electrons. The minimum atomic E-state index is -0.345. The van der Waals surface area contributed by atoms with Crippen molar-refractivity contribution >= 4 is 22.8 Å². The van der Waals surface area contributed by atoms with E-state index in [9.17, 15) is 4.79 Å². The minimum absolute atomic E-state index is 0.293. The number of aromatic amines is 1. The van der Waals surface area contributed by atoms with Gasteiger partial charge in [0.2, 0.25) is 0 Å². The number of hydrogen-bond donors (Lipinski definition) is 3. The summed E-state index contributed by atoms with van der Waals surface area (Å²) in [4.78, 5) is 18.4. The van der Waals surface area contributed by atoms with E-state index in [1.165, 1.54) is 7.05 Å². The number of H-pyrrole nitrogens is 1. The molecule has 0 fully saturated rings. The number of nitrogens with two attached hydrogens (primary N) is 1. The highest BCUT2D eigenvalue weighted by Crippen LogP contribution is 2.22. The number of aromatic nitrogens is 1. The number of fused-ring (bicyclic) bond motifs is 1. The van der Waals surface area contributed by atoms with E-state index in [1.54, 1.807) is 6.07 Å². The molecule has 4 N–H and O–H groups in total. The van der Waals surface area contributed by atoms with Gasteiger partial charge in [-0.3, -0.25) is 15.1 Å². The quantitative estimate of drug-likeness (QED) is 0.427. The van der Waals surface area contributed by atoms with E-state index in [2.05, 4.69) is 9.88 Å². The number of carbonyl (C=O) groups is 1. The van der Waals surface area contributed by atoms with Gasteiger partial charge >= 0.3 is 0 Å². The molecule has 0 bridgehead atoms. The second kappa shape index (κ2) is 7.15. The molecule has 7 heteroatoms. The number of nitrogens with zero attached hydrogens (tertiary/aromatic N) is 2. The molecule has 0 spiro atoms. The molecular formula is C16H23N5O2. The highest BCUT2D eigenvalue weighted by Gasteiger charge is 2.16. The fourth-order valence-corrected chi connectivity index (χ4v) is 2.17. The number of rotatable bonds is 6. The van der Waals surface area contributed by atoms with Crippen molar-refractivity contribution in [3.63, 3.8) is 0 Å². The first-order chi connectivity index (χ1) is 10.9. The molecule has 0 saturated heterocycles. The van der Waals surface area contributed by atoms with Crippen molar-refractivity contribution in [1.82, 2.24) is 14.8 Å². The van der Waals surface area contributed by atoms with Gasteiger partial charge in [-0.15, -0.1) is 0 Å². The van der Waals surface area contributed by atoms with Crippen LogP contribution in [0.1, 0.15) is 16.9 Å². The molecule has 124 valence electrons. The third kappa shape index (κ3) is 4.23. The number of guanidine groups is 1. The third-order valence-electron chi connectivity index (χ3n) is 3.51. The van der Waals surface area contributed by atoms with Crippen molar-refractivity contribution in [3.8, 4) is 5.75 Å². The Morgan fingerprint density at radius 1 is 1.30 bits per heavy atom. The number of amides is 1. The largest absolute Gasteiger partial charge is 0.493 e. The van der Waals surface area contributed by atoms with Crippen molar-refractivity contribution in [2.75, 3.05) is 34.3 Å². The first-order valence-electron chi connectivity index (χ1n) is 7.41. The molecule has 0 saturated carbocycles. The van der Waals surface area contributed by atoms with Crippen molar-refractivity contribution in [2.24, 2.45) is 5.73 Å². The van der Waals surface area contributed by atoms with Gasteiger partial charge in [-0.2, -0.15) is 0 Å². The van der Waals surface area contributed by atoms with Crippen LogP contribution in [-0.4, -0.2) is 60.9 Å². The van der Waals surface area contributed by atoms with Gasteiger partial charge in [0.15, 0.2) is 5.96 Å². The second-order valence-corrected chi connectivity index (χ2v) is 5.69. The highest BCUT2D eigenvalue weighted by molar-refractivity contribution is 6.05. The number of carbonyl (C=O) groups excluding carboxylic acids is 1. The van der Waals surface area contributed by atoms with Crippen LogP contribution in [0.15, 0.2) is 24.3 Å². The van der Waals surface area contributed by atoms with E-state index in [0.29, 0.717) is 12.3 Å². The fourth-order valence-electron chi connectivity index (χ4n) is 2.17. The van der Waals surface area contributed by atoms with Crippen LogP contribution in [0.3, 0.4) is 0 Å². The summed E-state index contributed by atoms with van der Waals surface area (Å²) >= 11 is 0. The van der Waals surface area contributed by atoms with E-state index < -0.39 is 0 Å². The summed E-state index contributed by atoms with van der Waals surface area (Å²) in [5.41, 5.74) is 6.54. The zero-order valence-corrected chi connectivity index (χ0v) is 13.7. The molecule has 1 aromatic carbocycles. The first kappa shape index (κ1) is 16.8. The Hall–Kier alpha value is -2.54. The Balaban J connectivity index is 2.08. The summed E-state index contributed by atoms with van der Waals surface area (Å²) in [5, 5.41) is 8.23. The monoisotopic (exact) mass is 317 g/mol. The van der Waals surface area contributed by atoms with Crippen LogP contribution < -0.4 is 10.5 Å². The smallest absolute Gasteiger partial charge is 0.276 e. The zero-order chi connectivity index (χ0) is 17.0. The van der Waals surface area contributed by atoms with E-state index >= 15 is 0 Å². The molecule has 0 unspecified atom stereocenters. The lowest BCUT2D eigenvalue weighted by Crippen LogP contribution is -2.38. The second-order valence-electron chi connectivity index (χ2n) is 5.69. The predicted octanol–water partition coefficient (Wildman–Crippen LogP) is 1.46. The maximum atomic E-state index is 12.2. The van der Waals surface area contributed by atoms with Gasteiger partial charge in [0.25, 0.3) is 5.91 Å². The van der Waals surface area contributed by atoms with Crippen LogP contribution in [0.25, 0.3) is 10.9 Å². The van der Waals surface area contributed by atoms with E-state index in [0.717, 1.165) is 34.5 Å². The van der Waals surface area contributed by atoms with Gasteiger partial charge in [0, 0.05) is 30.6 Å². The lowest BCUT2D eigenvalue weighted by molar-refractivity contribution is 0.0864. The Morgan fingerprint density at radius 2 is 2.04 bits per heavy atom. The molecule has 7 nitrogen and oxygen atoms in total. The molecule has 0 aliphatic heterocycles. The van der Waals surface area contributed by atoms with Crippen LogP contribution in [0.2, 0.25) is 0 Å². The van der Waals surface area contributed by atoms with E-state index in [4.69, 9.17) is 15.9 Å².